The van der Waals surface area contributed by atoms with E-state index in [4.69, 9.17) is 0 Å². The lowest BCUT2D eigenvalue weighted by molar-refractivity contribution is 0.181. The summed E-state index contributed by atoms with van der Waals surface area (Å²) in [6.45, 7) is 8.51. The first kappa shape index (κ1) is 13.7. The molecule has 2 aromatic rings. The molecule has 2 aromatic heterocycles. The molecule has 0 aromatic carbocycles. The fourth-order valence-corrected chi connectivity index (χ4v) is 3.71. The van der Waals surface area contributed by atoms with Crippen LogP contribution in [0.2, 0.25) is 0 Å². The summed E-state index contributed by atoms with van der Waals surface area (Å²) in [6, 6.07) is 2.05. The van der Waals surface area contributed by atoms with Gasteiger partial charge in [-0.1, -0.05) is 20.8 Å². The molecule has 1 unspecified atom stereocenters. The molecule has 4 heteroatoms. The van der Waals surface area contributed by atoms with Gasteiger partial charge in [0.25, 0.3) is 0 Å². The average Bonchev–Trinajstić information content (AvgIpc) is 2.85. The van der Waals surface area contributed by atoms with Crippen LogP contribution >= 0.6 is 22.7 Å². The maximum atomic E-state index is 10.2. The standard InChI is InChI=1S/C14H19NOS2/c1-9-5-6-17-13(9)10(16)7-12-15-11(8-18-12)14(2,3)4/h5-6,8,10,16H,7H2,1-4H3. The summed E-state index contributed by atoms with van der Waals surface area (Å²) in [5.74, 6) is 0. The van der Waals surface area contributed by atoms with Crippen molar-refractivity contribution in [2.75, 3.05) is 0 Å². The van der Waals surface area contributed by atoms with Crippen molar-refractivity contribution in [2.45, 2.75) is 45.6 Å². The Morgan fingerprint density at radius 2 is 2.06 bits per heavy atom. The number of rotatable bonds is 3. The molecule has 0 amide bonds. The molecule has 0 aliphatic carbocycles. The van der Waals surface area contributed by atoms with Gasteiger partial charge in [-0.15, -0.1) is 22.7 Å². The van der Waals surface area contributed by atoms with E-state index in [0.29, 0.717) is 6.42 Å². The normalized spacial score (nSPS) is 13.8. The molecule has 2 nitrogen and oxygen atoms in total. The van der Waals surface area contributed by atoms with Gasteiger partial charge < -0.3 is 5.11 Å². The van der Waals surface area contributed by atoms with Gasteiger partial charge in [0.2, 0.25) is 0 Å². The van der Waals surface area contributed by atoms with Crippen LogP contribution in [-0.4, -0.2) is 10.1 Å². The molecular formula is C14H19NOS2. The number of aromatic nitrogens is 1. The van der Waals surface area contributed by atoms with Gasteiger partial charge in [0.15, 0.2) is 0 Å². The third-order valence-electron chi connectivity index (χ3n) is 2.89. The number of hydrogen-bond acceptors (Lipinski definition) is 4. The first-order chi connectivity index (χ1) is 8.38. The third-order valence-corrected chi connectivity index (χ3v) is 4.88. The molecule has 0 bridgehead atoms. The Morgan fingerprint density at radius 3 is 2.56 bits per heavy atom. The predicted octanol–water partition coefficient (Wildman–Crippen LogP) is 4.09. The monoisotopic (exact) mass is 281 g/mol. The Balaban J connectivity index is 2.11. The second-order valence-corrected chi connectivity index (χ2v) is 7.45. The van der Waals surface area contributed by atoms with E-state index in [-0.39, 0.29) is 5.41 Å². The molecule has 1 N–H and O–H groups in total. The van der Waals surface area contributed by atoms with Crippen LogP contribution in [0.25, 0.3) is 0 Å². The summed E-state index contributed by atoms with van der Waals surface area (Å²) in [5, 5.41) is 15.4. The molecule has 0 fully saturated rings. The van der Waals surface area contributed by atoms with E-state index in [9.17, 15) is 5.11 Å². The van der Waals surface area contributed by atoms with Crippen molar-refractivity contribution in [3.8, 4) is 0 Å². The van der Waals surface area contributed by atoms with Crippen molar-refractivity contribution in [2.24, 2.45) is 0 Å². The van der Waals surface area contributed by atoms with Crippen LogP contribution in [0.3, 0.4) is 0 Å². The quantitative estimate of drug-likeness (QED) is 0.919. The van der Waals surface area contributed by atoms with E-state index in [2.05, 4.69) is 31.1 Å². The van der Waals surface area contributed by atoms with E-state index in [1.807, 2.05) is 18.4 Å². The van der Waals surface area contributed by atoms with Gasteiger partial charge in [0.1, 0.15) is 0 Å². The van der Waals surface area contributed by atoms with Crippen LogP contribution in [0.1, 0.15) is 48.0 Å². The zero-order chi connectivity index (χ0) is 13.3. The minimum Gasteiger partial charge on any atom is -0.387 e. The lowest BCUT2D eigenvalue weighted by Gasteiger charge is -2.14. The van der Waals surface area contributed by atoms with Crippen LogP contribution in [0.15, 0.2) is 16.8 Å². The van der Waals surface area contributed by atoms with E-state index < -0.39 is 6.10 Å². The number of aryl methyl sites for hydroxylation is 1. The Morgan fingerprint density at radius 1 is 1.33 bits per heavy atom. The Kier molecular flexibility index (Phi) is 3.90. The lowest BCUT2D eigenvalue weighted by Crippen LogP contribution is -2.11. The first-order valence-electron chi connectivity index (χ1n) is 6.05. The zero-order valence-corrected chi connectivity index (χ0v) is 12.9. The fourth-order valence-electron chi connectivity index (χ4n) is 1.73. The second-order valence-electron chi connectivity index (χ2n) is 5.56. The molecule has 0 radical (unpaired) electrons. The van der Waals surface area contributed by atoms with E-state index >= 15 is 0 Å². The number of thiophene rings is 1. The molecule has 0 spiro atoms. The second kappa shape index (κ2) is 5.11. The topological polar surface area (TPSA) is 33.1 Å². The summed E-state index contributed by atoms with van der Waals surface area (Å²) in [7, 11) is 0. The minimum atomic E-state index is -0.427. The highest BCUT2D eigenvalue weighted by Crippen LogP contribution is 2.29. The van der Waals surface area contributed by atoms with Gasteiger partial charge in [0.05, 0.1) is 16.8 Å². The maximum absolute atomic E-state index is 10.2. The average molecular weight is 281 g/mol. The van der Waals surface area contributed by atoms with Gasteiger partial charge in [0, 0.05) is 22.1 Å². The number of nitrogens with zero attached hydrogens (tertiary/aromatic N) is 1. The SMILES string of the molecule is Cc1ccsc1C(O)Cc1nc(C(C)(C)C)cs1. The number of thiazole rings is 1. The molecule has 0 aliphatic heterocycles. The van der Waals surface area contributed by atoms with Crippen LogP contribution < -0.4 is 0 Å². The highest BCUT2D eigenvalue weighted by molar-refractivity contribution is 7.10. The molecule has 18 heavy (non-hydrogen) atoms. The molecule has 2 heterocycles. The smallest absolute Gasteiger partial charge is 0.0958 e. The molecule has 0 saturated carbocycles. The largest absolute Gasteiger partial charge is 0.387 e. The van der Waals surface area contributed by atoms with E-state index in [1.165, 1.54) is 5.56 Å². The molecule has 0 saturated heterocycles. The van der Waals surface area contributed by atoms with Gasteiger partial charge in [-0.2, -0.15) is 0 Å². The first-order valence-corrected chi connectivity index (χ1v) is 7.81. The molecule has 98 valence electrons. The maximum Gasteiger partial charge on any atom is 0.0958 e. The van der Waals surface area contributed by atoms with Crippen LogP contribution in [0.5, 0.6) is 0 Å². The van der Waals surface area contributed by atoms with Crippen molar-refractivity contribution in [1.29, 1.82) is 0 Å². The molecule has 2 rings (SSSR count). The molecule has 0 aliphatic rings. The summed E-state index contributed by atoms with van der Waals surface area (Å²) >= 11 is 3.26. The van der Waals surface area contributed by atoms with Gasteiger partial charge in [-0.3, -0.25) is 0 Å². The number of hydrogen-bond donors (Lipinski definition) is 1. The van der Waals surface area contributed by atoms with Gasteiger partial charge in [-0.05, 0) is 23.9 Å². The molecule has 1 atom stereocenters. The van der Waals surface area contributed by atoms with Crippen LogP contribution in [-0.2, 0) is 11.8 Å². The van der Waals surface area contributed by atoms with E-state index in [1.54, 1.807) is 22.7 Å². The van der Waals surface area contributed by atoms with Crippen molar-refractivity contribution >= 4 is 22.7 Å². The van der Waals surface area contributed by atoms with Gasteiger partial charge in [-0.25, -0.2) is 4.98 Å². The predicted molar refractivity (Wildman–Crippen MR) is 78.5 cm³/mol. The Hall–Kier alpha value is -0.710. The molecular weight excluding hydrogens is 262 g/mol. The van der Waals surface area contributed by atoms with Crippen molar-refractivity contribution in [3.05, 3.63) is 38.0 Å². The Bertz CT molecular complexity index is 522. The van der Waals surface area contributed by atoms with E-state index in [0.717, 1.165) is 15.6 Å². The van der Waals surface area contributed by atoms with Crippen molar-refractivity contribution in [3.63, 3.8) is 0 Å². The number of aliphatic hydroxyl groups is 1. The highest BCUT2D eigenvalue weighted by Gasteiger charge is 2.19. The van der Waals surface area contributed by atoms with Crippen LogP contribution in [0.4, 0.5) is 0 Å². The summed E-state index contributed by atoms with van der Waals surface area (Å²) in [4.78, 5) is 5.68. The fraction of sp³-hybridized carbons (Fsp3) is 0.500. The summed E-state index contributed by atoms with van der Waals surface area (Å²) in [5.41, 5.74) is 2.36. The summed E-state index contributed by atoms with van der Waals surface area (Å²) < 4.78 is 0. The third kappa shape index (κ3) is 2.99. The zero-order valence-electron chi connectivity index (χ0n) is 11.2. The number of aliphatic hydroxyl groups excluding tert-OH is 1. The van der Waals surface area contributed by atoms with Crippen molar-refractivity contribution < 1.29 is 5.11 Å². The van der Waals surface area contributed by atoms with Gasteiger partial charge >= 0.3 is 0 Å². The Labute approximate surface area is 116 Å². The summed E-state index contributed by atoms with van der Waals surface area (Å²) in [6.07, 6.45) is 0.186. The highest BCUT2D eigenvalue weighted by atomic mass is 32.1. The lowest BCUT2D eigenvalue weighted by atomic mass is 9.93. The van der Waals surface area contributed by atoms with Crippen molar-refractivity contribution in [1.82, 2.24) is 4.98 Å². The minimum absolute atomic E-state index is 0.0819. The van der Waals surface area contributed by atoms with Crippen LogP contribution in [0, 0.1) is 6.92 Å².